The van der Waals surface area contributed by atoms with Crippen LogP contribution in [0.25, 0.3) is 0 Å². The van der Waals surface area contributed by atoms with Crippen molar-refractivity contribution in [1.82, 2.24) is 0 Å². The van der Waals surface area contributed by atoms with Gasteiger partial charge < -0.3 is 5.73 Å². The van der Waals surface area contributed by atoms with Crippen LogP contribution >= 0.6 is 0 Å². The molecule has 1 aliphatic rings. The number of benzene rings is 1. The molecule has 0 aliphatic heterocycles. The first kappa shape index (κ1) is 8.76. The van der Waals surface area contributed by atoms with Gasteiger partial charge in [0.15, 0.2) is 0 Å². The number of rotatable bonds is 2. The van der Waals surface area contributed by atoms with Gasteiger partial charge in [0.25, 0.3) is 0 Å². The van der Waals surface area contributed by atoms with E-state index in [1.807, 2.05) is 0 Å². The van der Waals surface area contributed by atoms with E-state index in [1.165, 1.54) is 29.5 Å². The predicted octanol–water partition coefficient (Wildman–Crippen LogP) is 2.71. The fourth-order valence-corrected chi connectivity index (χ4v) is 1.83. The zero-order valence-electron chi connectivity index (χ0n) is 8.38. The first-order chi connectivity index (χ1) is 6.18. The molecule has 0 radical (unpaired) electrons. The van der Waals surface area contributed by atoms with E-state index in [9.17, 15) is 0 Å². The van der Waals surface area contributed by atoms with E-state index in [2.05, 4.69) is 32.0 Å². The smallest absolute Gasteiger partial charge is 0.0326 e. The van der Waals surface area contributed by atoms with Crippen molar-refractivity contribution in [3.8, 4) is 0 Å². The normalized spacial score (nSPS) is 18.7. The molecule has 0 amide bonds. The third-order valence-corrected chi connectivity index (χ3v) is 2.92. The lowest BCUT2D eigenvalue weighted by atomic mass is 9.97. The van der Waals surface area contributed by atoms with Crippen molar-refractivity contribution < 1.29 is 0 Å². The van der Waals surface area contributed by atoms with Gasteiger partial charge in [0.1, 0.15) is 0 Å². The molecule has 70 valence electrons. The molecule has 1 aliphatic carbocycles. The van der Waals surface area contributed by atoms with E-state index < -0.39 is 0 Å². The van der Waals surface area contributed by atoms with Crippen LogP contribution in [0.1, 0.15) is 35.6 Å². The summed E-state index contributed by atoms with van der Waals surface area (Å²) in [6.07, 6.45) is 2.63. The Labute approximate surface area is 80.0 Å². The summed E-state index contributed by atoms with van der Waals surface area (Å²) in [7, 11) is 0. The Kier molecular flexibility index (Phi) is 2.12. The molecule has 1 heteroatoms. The van der Waals surface area contributed by atoms with Gasteiger partial charge in [0.2, 0.25) is 0 Å². The monoisotopic (exact) mass is 175 g/mol. The van der Waals surface area contributed by atoms with Crippen molar-refractivity contribution in [3.05, 3.63) is 34.9 Å². The second kappa shape index (κ2) is 3.15. The minimum atomic E-state index is 0.278. The van der Waals surface area contributed by atoms with Crippen molar-refractivity contribution in [2.75, 3.05) is 0 Å². The van der Waals surface area contributed by atoms with Gasteiger partial charge in [-0.25, -0.2) is 0 Å². The molecular weight excluding hydrogens is 158 g/mol. The highest BCUT2D eigenvalue weighted by Crippen LogP contribution is 2.40. The highest BCUT2D eigenvalue weighted by molar-refractivity contribution is 5.33. The molecule has 0 spiro atoms. The zero-order valence-corrected chi connectivity index (χ0v) is 8.38. The van der Waals surface area contributed by atoms with Crippen molar-refractivity contribution in [1.29, 1.82) is 0 Å². The first-order valence-corrected chi connectivity index (χ1v) is 5.01. The summed E-state index contributed by atoms with van der Waals surface area (Å²) in [6.45, 7) is 4.28. The standard InChI is InChI=1S/C12H17N/c1-8-3-4-9(2)11(7-8)12(13)10-5-6-10/h3-4,7,10,12H,5-6,13H2,1-2H3. The van der Waals surface area contributed by atoms with Crippen LogP contribution in [0.2, 0.25) is 0 Å². The lowest BCUT2D eigenvalue weighted by Gasteiger charge is -2.14. The van der Waals surface area contributed by atoms with Crippen LogP contribution in [-0.2, 0) is 0 Å². The first-order valence-electron chi connectivity index (χ1n) is 5.01. The third-order valence-electron chi connectivity index (χ3n) is 2.92. The van der Waals surface area contributed by atoms with Gasteiger partial charge in [-0.3, -0.25) is 0 Å². The average Bonchev–Trinajstić information content (AvgIpc) is 2.91. The van der Waals surface area contributed by atoms with Gasteiger partial charge in [-0.1, -0.05) is 23.8 Å². The lowest BCUT2D eigenvalue weighted by Crippen LogP contribution is -2.13. The van der Waals surface area contributed by atoms with Crippen LogP contribution in [0.4, 0.5) is 0 Å². The van der Waals surface area contributed by atoms with Gasteiger partial charge >= 0.3 is 0 Å². The maximum absolute atomic E-state index is 6.17. The topological polar surface area (TPSA) is 26.0 Å². The summed E-state index contributed by atoms with van der Waals surface area (Å²) >= 11 is 0. The van der Waals surface area contributed by atoms with Gasteiger partial charge in [-0.15, -0.1) is 0 Å². The highest BCUT2D eigenvalue weighted by Gasteiger charge is 2.30. The van der Waals surface area contributed by atoms with Gasteiger partial charge in [0.05, 0.1) is 0 Å². The molecular formula is C12H17N. The molecule has 0 bridgehead atoms. The average molecular weight is 175 g/mol. The summed E-state index contributed by atoms with van der Waals surface area (Å²) in [4.78, 5) is 0. The molecule has 1 aromatic carbocycles. The Morgan fingerprint density at radius 3 is 2.62 bits per heavy atom. The summed E-state index contributed by atoms with van der Waals surface area (Å²) in [5, 5.41) is 0. The number of aryl methyl sites for hydroxylation is 2. The van der Waals surface area contributed by atoms with E-state index in [1.54, 1.807) is 0 Å². The van der Waals surface area contributed by atoms with E-state index >= 15 is 0 Å². The Balaban J connectivity index is 2.31. The molecule has 13 heavy (non-hydrogen) atoms. The van der Waals surface area contributed by atoms with Crippen LogP contribution in [0, 0.1) is 19.8 Å². The summed E-state index contributed by atoms with van der Waals surface area (Å²) in [5.74, 6) is 0.750. The van der Waals surface area contributed by atoms with Crippen molar-refractivity contribution >= 4 is 0 Å². The molecule has 1 atom stereocenters. The van der Waals surface area contributed by atoms with E-state index in [0.29, 0.717) is 0 Å². The van der Waals surface area contributed by atoms with Crippen molar-refractivity contribution in [3.63, 3.8) is 0 Å². The Morgan fingerprint density at radius 2 is 2.00 bits per heavy atom. The quantitative estimate of drug-likeness (QED) is 0.734. The number of nitrogens with two attached hydrogens (primary N) is 1. The molecule has 1 unspecified atom stereocenters. The molecule has 1 nitrogen and oxygen atoms in total. The maximum atomic E-state index is 6.17. The van der Waals surface area contributed by atoms with E-state index in [4.69, 9.17) is 5.73 Å². The number of hydrogen-bond acceptors (Lipinski definition) is 1. The van der Waals surface area contributed by atoms with Crippen LogP contribution in [0.3, 0.4) is 0 Å². The van der Waals surface area contributed by atoms with Crippen LogP contribution < -0.4 is 5.73 Å². The molecule has 1 fully saturated rings. The van der Waals surface area contributed by atoms with E-state index in [0.717, 1.165) is 5.92 Å². The molecule has 0 saturated heterocycles. The van der Waals surface area contributed by atoms with Crippen LogP contribution in [-0.4, -0.2) is 0 Å². The Bertz CT molecular complexity index is 313. The Hall–Kier alpha value is -0.820. The molecule has 0 heterocycles. The largest absolute Gasteiger partial charge is 0.324 e. The SMILES string of the molecule is Cc1ccc(C)c(C(N)C2CC2)c1. The second-order valence-corrected chi connectivity index (χ2v) is 4.22. The zero-order chi connectivity index (χ0) is 9.42. The van der Waals surface area contributed by atoms with Crippen LogP contribution in [0.15, 0.2) is 18.2 Å². The van der Waals surface area contributed by atoms with Gasteiger partial charge in [-0.2, -0.15) is 0 Å². The fraction of sp³-hybridized carbons (Fsp3) is 0.500. The van der Waals surface area contributed by atoms with Crippen molar-refractivity contribution in [2.45, 2.75) is 32.7 Å². The van der Waals surface area contributed by atoms with Gasteiger partial charge in [0, 0.05) is 6.04 Å². The molecule has 1 saturated carbocycles. The lowest BCUT2D eigenvalue weighted by molar-refractivity contribution is 0.629. The minimum Gasteiger partial charge on any atom is -0.324 e. The van der Waals surface area contributed by atoms with Crippen LogP contribution in [0.5, 0.6) is 0 Å². The summed E-state index contributed by atoms with van der Waals surface area (Å²) < 4.78 is 0. The van der Waals surface area contributed by atoms with Gasteiger partial charge in [-0.05, 0) is 43.7 Å². The third kappa shape index (κ3) is 1.75. The number of hydrogen-bond donors (Lipinski definition) is 1. The highest BCUT2D eigenvalue weighted by atomic mass is 14.7. The molecule has 2 N–H and O–H groups in total. The second-order valence-electron chi connectivity index (χ2n) is 4.22. The van der Waals surface area contributed by atoms with E-state index in [-0.39, 0.29) is 6.04 Å². The van der Waals surface area contributed by atoms with Crippen molar-refractivity contribution in [2.24, 2.45) is 11.7 Å². The fourth-order valence-electron chi connectivity index (χ4n) is 1.83. The molecule has 0 aromatic heterocycles. The summed E-state index contributed by atoms with van der Waals surface area (Å²) in [6, 6.07) is 6.84. The molecule has 1 aromatic rings. The summed E-state index contributed by atoms with van der Waals surface area (Å²) in [5.41, 5.74) is 10.2. The Morgan fingerprint density at radius 1 is 1.31 bits per heavy atom. The predicted molar refractivity (Wildman–Crippen MR) is 55.6 cm³/mol. The molecule has 2 rings (SSSR count). The minimum absolute atomic E-state index is 0.278. The maximum Gasteiger partial charge on any atom is 0.0326 e.